The molecule has 0 saturated heterocycles. The molecule has 0 atom stereocenters. The van der Waals surface area contributed by atoms with Crippen molar-refractivity contribution in [1.82, 2.24) is 10.6 Å². The van der Waals surface area contributed by atoms with E-state index in [4.69, 9.17) is 13.9 Å². The van der Waals surface area contributed by atoms with Crippen LogP contribution in [0.15, 0.2) is 64.0 Å². The minimum atomic E-state index is 0.525. The molecule has 0 aliphatic rings. The maximum Gasteiger partial charge on any atom is 0.191 e. The minimum Gasteiger partial charge on any atom is -0.497 e. The zero-order valence-electron chi connectivity index (χ0n) is 15.0. The fourth-order valence-corrected chi connectivity index (χ4v) is 2.53. The molecule has 0 aliphatic carbocycles. The molecular weight excluding hydrogens is 330 g/mol. The van der Waals surface area contributed by atoms with Crippen LogP contribution in [0.1, 0.15) is 5.76 Å². The predicted octanol–water partition coefficient (Wildman–Crippen LogP) is 3.19. The fourth-order valence-electron chi connectivity index (χ4n) is 2.53. The predicted molar refractivity (Wildman–Crippen MR) is 103 cm³/mol. The van der Waals surface area contributed by atoms with Crippen LogP contribution in [0.25, 0.3) is 11.0 Å². The molecule has 0 bridgehead atoms. The molecule has 26 heavy (non-hydrogen) atoms. The number of para-hydroxylation sites is 1. The Morgan fingerprint density at radius 2 is 1.81 bits per heavy atom. The molecule has 2 aromatic carbocycles. The van der Waals surface area contributed by atoms with Crippen molar-refractivity contribution >= 4 is 16.9 Å². The topological polar surface area (TPSA) is 68.0 Å². The lowest BCUT2D eigenvalue weighted by atomic mass is 10.2. The van der Waals surface area contributed by atoms with Gasteiger partial charge >= 0.3 is 0 Å². The van der Waals surface area contributed by atoms with Gasteiger partial charge in [0.05, 0.1) is 20.2 Å². The lowest BCUT2D eigenvalue weighted by Crippen LogP contribution is -2.38. The van der Waals surface area contributed by atoms with Crippen LogP contribution < -0.4 is 20.1 Å². The highest BCUT2D eigenvalue weighted by molar-refractivity contribution is 5.80. The average Bonchev–Trinajstić information content (AvgIpc) is 3.11. The van der Waals surface area contributed by atoms with Crippen molar-refractivity contribution in [2.24, 2.45) is 4.99 Å². The normalized spacial score (nSPS) is 11.4. The summed E-state index contributed by atoms with van der Waals surface area (Å²) in [5, 5.41) is 7.54. The van der Waals surface area contributed by atoms with E-state index in [1.807, 2.05) is 54.6 Å². The molecule has 0 spiro atoms. The molecular formula is C20H23N3O3. The zero-order chi connectivity index (χ0) is 18.2. The molecule has 1 aromatic heterocycles. The van der Waals surface area contributed by atoms with E-state index in [1.165, 1.54) is 0 Å². The number of furan rings is 1. The largest absolute Gasteiger partial charge is 0.497 e. The van der Waals surface area contributed by atoms with Gasteiger partial charge in [0, 0.05) is 12.4 Å². The Labute approximate surface area is 152 Å². The van der Waals surface area contributed by atoms with Gasteiger partial charge in [0.25, 0.3) is 0 Å². The first-order chi connectivity index (χ1) is 12.8. The Balaban J connectivity index is 1.41. The van der Waals surface area contributed by atoms with Gasteiger partial charge in [-0.3, -0.25) is 4.99 Å². The van der Waals surface area contributed by atoms with Crippen LogP contribution in [-0.2, 0) is 6.54 Å². The molecule has 0 saturated carbocycles. The highest BCUT2D eigenvalue weighted by atomic mass is 16.5. The molecule has 3 rings (SSSR count). The maximum atomic E-state index is 5.79. The second-order valence-electron chi connectivity index (χ2n) is 5.63. The number of rotatable bonds is 7. The molecule has 136 valence electrons. The zero-order valence-corrected chi connectivity index (χ0v) is 15.0. The molecule has 6 heteroatoms. The average molecular weight is 353 g/mol. The maximum absolute atomic E-state index is 5.79. The van der Waals surface area contributed by atoms with Gasteiger partial charge in [-0.25, -0.2) is 0 Å². The lowest BCUT2D eigenvalue weighted by molar-refractivity contribution is 0.321. The fraction of sp³-hybridized carbons (Fsp3) is 0.250. The Kier molecular flexibility index (Phi) is 5.98. The lowest BCUT2D eigenvalue weighted by Gasteiger charge is -2.12. The van der Waals surface area contributed by atoms with Gasteiger partial charge < -0.3 is 24.5 Å². The van der Waals surface area contributed by atoms with Crippen LogP contribution in [0.4, 0.5) is 0 Å². The molecule has 3 aromatic rings. The molecule has 0 aliphatic heterocycles. The van der Waals surface area contributed by atoms with Gasteiger partial charge in [-0.1, -0.05) is 18.2 Å². The molecule has 1 heterocycles. The van der Waals surface area contributed by atoms with E-state index in [9.17, 15) is 0 Å². The van der Waals surface area contributed by atoms with Gasteiger partial charge in [-0.15, -0.1) is 0 Å². The van der Waals surface area contributed by atoms with E-state index < -0.39 is 0 Å². The third-order valence-corrected chi connectivity index (χ3v) is 3.85. The number of benzene rings is 2. The summed E-state index contributed by atoms with van der Waals surface area (Å²) in [6.07, 6.45) is 0. The van der Waals surface area contributed by atoms with Crippen molar-refractivity contribution < 1.29 is 13.9 Å². The van der Waals surface area contributed by atoms with Crippen molar-refractivity contribution in [3.63, 3.8) is 0 Å². The summed E-state index contributed by atoms with van der Waals surface area (Å²) in [5.74, 6) is 3.18. The summed E-state index contributed by atoms with van der Waals surface area (Å²) < 4.78 is 16.6. The SMILES string of the molecule is CN=C(NCCOc1ccc(OC)cc1)NCc1cc2ccccc2o1. The van der Waals surface area contributed by atoms with E-state index in [2.05, 4.69) is 15.6 Å². The number of ether oxygens (including phenoxy) is 2. The number of hydrogen-bond donors (Lipinski definition) is 2. The highest BCUT2D eigenvalue weighted by Crippen LogP contribution is 2.18. The minimum absolute atomic E-state index is 0.525. The molecule has 0 radical (unpaired) electrons. The van der Waals surface area contributed by atoms with Crippen LogP contribution in [0.3, 0.4) is 0 Å². The van der Waals surface area contributed by atoms with E-state index >= 15 is 0 Å². The number of nitrogens with zero attached hydrogens (tertiary/aromatic N) is 1. The van der Waals surface area contributed by atoms with Crippen LogP contribution in [0.5, 0.6) is 11.5 Å². The first-order valence-electron chi connectivity index (χ1n) is 8.47. The summed E-state index contributed by atoms with van der Waals surface area (Å²) in [6.45, 7) is 1.72. The second-order valence-corrected chi connectivity index (χ2v) is 5.63. The van der Waals surface area contributed by atoms with Crippen molar-refractivity contribution in [2.75, 3.05) is 27.3 Å². The van der Waals surface area contributed by atoms with Gasteiger partial charge in [-0.2, -0.15) is 0 Å². The van der Waals surface area contributed by atoms with Crippen molar-refractivity contribution in [3.05, 3.63) is 60.4 Å². The van der Waals surface area contributed by atoms with Crippen LogP contribution in [0.2, 0.25) is 0 Å². The number of guanidine groups is 1. The summed E-state index contributed by atoms with van der Waals surface area (Å²) in [5.41, 5.74) is 0.889. The van der Waals surface area contributed by atoms with Crippen molar-refractivity contribution in [3.8, 4) is 11.5 Å². The first kappa shape index (κ1) is 17.7. The Bertz CT molecular complexity index is 823. The number of fused-ring (bicyclic) bond motifs is 1. The van der Waals surface area contributed by atoms with Gasteiger partial charge in [0.2, 0.25) is 0 Å². The van der Waals surface area contributed by atoms with Crippen molar-refractivity contribution in [2.45, 2.75) is 6.54 Å². The summed E-state index contributed by atoms with van der Waals surface area (Å²) in [7, 11) is 3.38. The quantitative estimate of drug-likeness (QED) is 0.388. The molecule has 6 nitrogen and oxygen atoms in total. The van der Waals surface area contributed by atoms with Gasteiger partial charge in [0.1, 0.15) is 29.4 Å². The summed E-state index contributed by atoms with van der Waals surface area (Å²) >= 11 is 0. The summed E-state index contributed by atoms with van der Waals surface area (Å²) in [6, 6.07) is 17.5. The smallest absolute Gasteiger partial charge is 0.191 e. The standard InChI is InChI=1S/C20H23N3O3/c1-21-20(22-11-12-25-17-9-7-16(24-2)8-10-17)23-14-18-13-15-5-3-4-6-19(15)26-18/h3-10,13H,11-12,14H2,1-2H3,(H2,21,22,23). The number of nitrogens with one attached hydrogen (secondary N) is 2. The van der Waals surface area contributed by atoms with E-state index in [0.717, 1.165) is 28.2 Å². The number of aliphatic imine (C=N–C) groups is 1. The molecule has 0 fully saturated rings. The Morgan fingerprint density at radius 1 is 1.04 bits per heavy atom. The molecule has 0 amide bonds. The van der Waals surface area contributed by atoms with Crippen LogP contribution in [-0.4, -0.2) is 33.3 Å². The second kappa shape index (κ2) is 8.80. The number of hydrogen-bond acceptors (Lipinski definition) is 4. The van der Waals surface area contributed by atoms with Crippen LogP contribution >= 0.6 is 0 Å². The number of methoxy groups -OCH3 is 1. The molecule has 2 N–H and O–H groups in total. The van der Waals surface area contributed by atoms with E-state index in [1.54, 1.807) is 14.2 Å². The summed E-state index contributed by atoms with van der Waals surface area (Å²) in [4.78, 5) is 4.20. The Hall–Kier alpha value is -3.15. The van der Waals surface area contributed by atoms with E-state index in [-0.39, 0.29) is 0 Å². The Morgan fingerprint density at radius 3 is 2.54 bits per heavy atom. The van der Waals surface area contributed by atoms with Gasteiger partial charge in [0.15, 0.2) is 5.96 Å². The van der Waals surface area contributed by atoms with E-state index in [0.29, 0.717) is 25.7 Å². The third-order valence-electron chi connectivity index (χ3n) is 3.85. The van der Waals surface area contributed by atoms with Crippen LogP contribution in [0, 0.1) is 0 Å². The van der Waals surface area contributed by atoms with Crippen molar-refractivity contribution in [1.29, 1.82) is 0 Å². The van der Waals surface area contributed by atoms with Gasteiger partial charge in [-0.05, 0) is 36.4 Å². The molecule has 0 unspecified atom stereocenters. The third kappa shape index (κ3) is 4.69. The first-order valence-corrected chi connectivity index (χ1v) is 8.47. The monoisotopic (exact) mass is 353 g/mol. The highest BCUT2D eigenvalue weighted by Gasteiger charge is 2.04.